The van der Waals surface area contributed by atoms with Crippen LogP contribution < -0.4 is 9.47 Å². The molecule has 2 aromatic carbocycles. The maximum atomic E-state index is 13.6. The second-order valence-corrected chi connectivity index (χ2v) is 10.4. The summed E-state index contributed by atoms with van der Waals surface area (Å²) in [6.07, 6.45) is -0.442. The van der Waals surface area contributed by atoms with E-state index in [9.17, 15) is 18.3 Å². The van der Waals surface area contributed by atoms with Gasteiger partial charge in [-0.1, -0.05) is 25.1 Å². The Morgan fingerprint density at radius 3 is 2.61 bits per heavy atom. The Morgan fingerprint density at radius 1 is 1.27 bits per heavy atom. The van der Waals surface area contributed by atoms with E-state index in [1.807, 2.05) is 31.2 Å². The lowest BCUT2D eigenvalue weighted by Crippen LogP contribution is -2.50. The molecule has 1 aliphatic heterocycles. The molecule has 33 heavy (non-hydrogen) atoms. The number of hydrogen-bond acceptors (Lipinski definition) is 6. The molecule has 0 bridgehead atoms. The fraction of sp³-hybridized carbons (Fsp3) is 0.458. The van der Waals surface area contributed by atoms with Crippen molar-refractivity contribution in [2.75, 3.05) is 33.9 Å². The van der Waals surface area contributed by atoms with Crippen LogP contribution in [-0.2, 0) is 14.8 Å². The Balaban J connectivity index is 2.14. The highest BCUT2D eigenvalue weighted by Crippen LogP contribution is 2.37. The molecule has 2 aromatic rings. The summed E-state index contributed by atoms with van der Waals surface area (Å²) >= 11 is 0. The maximum absolute atomic E-state index is 13.6. The molecule has 0 spiro atoms. The van der Waals surface area contributed by atoms with Crippen LogP contribution >= 0.6 is 0 Å². The van der Waals surface area contributed by atoms with Gasteiger partial charge in [0, 0.05) is 32.5 Å². The topological polar surface area (TPSA) is 96.4 Å². The molecule has 0 aliphatic carbocycles. The van der Waals surface area contributed by atoms with Crippen molar-refractivity contribution in [3.05, 3.63) is 42.5 Å². The molecular weight excluding hydrogens is 444 g/mol. The number of aliphatic hydroxyl groups excluding tert-OH is 1. The van der Waals surface area contributed by atoms with Gasteiger partial charge in [-0.3, -0.25) is 4.79 Å². The molecular formula is C24H32N2O6S. The summed E-state index contributed by atoms with van der Waals surface area (Å²) in [4.78, 5) is 13.5. The quantitative estimate of drug-likeness (QED) is 0.689. The van der Waals surface area contributed by atoms with E-state index in [-0.39, 0.29) is 35.6 Å². The largest absolute Gasteiger partial charge is 0.497 e. The average Bonchev–Trinajstić information content (AvgIpc) is 2.80. The number of likely N-dealkylation sites (N-methyl/N-ethyl adjacent to an activating group) is 1. The molecule has 180 valence electrons. The predicted molar refractivity (Wildman–Crippen MR) is 126 cm³/mol. The van der Waals surface area contributed by atoms with Crippen LogP contribution in [0.5, 0.6) is 11.5 Å². The fourth-order valence-corrected chi connectivity index (χ4v) is 5.65. The monoisotopic (exact) mass is 476 g/mol. The van der Waals surface area contributed by atoms with Crippen molar-refractivity contribution in [3.8, 4) is 22.6 Å². The minimum absolute atomic E-state index is 0.0387. The molecule has 8 nitrogen and oxygen atoms in total. The summed E-state index contributed by atoms with van der Waals surface area (Å²) < 4.78 is 40.0. The number of carbonyl (C=O) groups excluding carboxylic acids is 1. The first kappa shape index (κ1) is 25.0. The Labute approximate surface area is 195 Å². The Morgan fingerprint density at radius 2 is 1.97 bits per heavy atom. The van der Waals surface area contributed by atoms with E-state index in [2.05, 4.69) is 0 Å². The van der Waals surface area contributed by atoms with Crippen molar-refractivity contribution in [1.29, 1.82) is 0 Å². The third kappa shape index (κ3) is 5.31. The van der Waals surface area contributed by atoms with E-state index >= 15 is 0 Å². The number of benzene rings is 2. The normalized spacial score (nSPS) is 21.2. The van der Waals surface area contributed by atoms with Gasteiger partial charge in [-0.2, -0.15) is 4.31 Å². The second-order valence-electron chi connectivity index (χ2n) is 8.53. The Hall–Kier alpha value is -2.62. The zero-order valence-electron chi connectivity index (χ0n) is 19.7. The van der Waals surface area contributed by atoms with E-state index in [0.717, 1.165) is 11.1 Å². The molecule has 0 unspecified atom stereocenters. The number of fused-ring (bicyclic) bond motifs is 1. The number of methoxy groups -OCH3 is 1. The summed E-state index contributed by atoms with van der Waals surface area (Å²) in [5.74, 6) is 0.569. The van der Waals surface area contributed by atoms with Crippen LogP contribution in [0.3, 0.4) is 0 Å². The van der Waals surface area contributed by atoms with Gasteiger partial charge in [0.25, 0.3) is 0 Å². The van der Waals surface area contributed by atoms with Crippen molar-refractivity contribution in [3.63, 3.8) is 0 Å². The lowest BCUT2D eigenvalue weighted by atomic mass is 10.0. The SMILES string of the molecule is COc1cccc(-c2ccc3c(c2)O[C@H](CN(C)C(C)=O)[C@@H](C)CN([C@H](C)CO)S3(=O)=O)c1. The van der Waals surface area contributed by atoms with E-state index in [0.29, 0.717) is 12.3 Å². The van der Waals surface area contributed by atoms with Gasteiger partial charge < -0.3 is 19.5 Å². The third-order valence-corrected chi connectivity index (χ3v) is 8.08. The molecule has 0 fully saturated rings. The van der Waals surface area contributed by atoms with Gasteiger partial charge in [-0.25, -0.2) is 8.42 Å². The van der Waals surface area contributed by atoms with Crippen LogP contribution in [0.25, 0.3) is 11.1 Å². The predicted octanol–water partition coefficient (Wildman–Crippen LogP) is 2.61. The van der Waals surface area contributed by atoms with Crippen LogP contribution in [0.4, 0.5) is 0 Å². The molecule has 3 atom stereocenters. The highest BCUT2D eigenvalue weighted by Gasteiger charge is 2.38. The molecule has 9 heteroatoms. The third-order valence-electron chi connectivity index (χ3n) is 6.06. The minimum atomic E-state index is -3.92. The Bertz CT molecular complexity index is 1100. The molecule has 0 radical (unpaired) electrons. The van der Waals surface area contributed by atoms with Crippen LogP contribution in [-0.4, -0.2) is 74.6 Å². The van der Waals surface area contributed by atoms with Crippen LogP contribution in [0.1, 0.15) is 20.8 Å². The lowest BCUT2D eigenvalue weighted by Gasteiger charge is -2.37. The molecule has 1 aliphatic rings. The number of hydrogen-bond donors (Lipinski definition) is 1. The molecule has 1 N–H and O–H groups in total. The summed E-state index contributed by atoms with van der Waals surface area (Å²) in [5, 5.41) is 9.74. The number of carbonyl (C=O) groups is 1. The number of sulfonamides is 1. The number of amides is 1. The van der Waals surface area contributed by atoms with Gasteiger partial charge in [0.05, 0.1) is 20.3 Å². The van der Waals surface area contributed by atoms with Crippen molar-refractivity contribution in [1.82, 2.24) is 9.21 Å². The fourth-order valence-electron chi connectivity index (χ4n) is 3.82. The molecule has 1 heterocycles. The maximum Gasteiger partial charge on any atom is 0.247 e. The molecule has 0 aromatic heterocycles. The van der Waals surface area contributed by atoms with Gasteiger partial charge in [-0.05, 0) is 42.3 Å². The number of aliphatic hydroxyl groups is 1. The first-order chi connectivity index (χ1) is 15.6. The lowest BCUT2D eigenvalue weighted by molar-refractivity contribution is -0.129. The number of ether oxygens (including phenoxy) is 2. The summed E-state index contributed by atoms with van der Waals surface area (Å²) in [5.41, 5.74) is 1.63. The van der Waals surface area contributed by atoms with Crippen molar-refractivity contribution in [2.45, 2.75) is 37.8 Å². The van der Waals surface area contributed by atoms with Crippen LogP contribution in [0.2, 0.25) is 0 Å². The van der Waals surface area contributed by atoms with Crippen LogP contribution in [0, 0.1) is 5.92 Å². The summed E-state index contributed by atoms with van der Waals surface area (Å²) in [6.45, 7) is 5.21. The van der Waals surface area contributed by atoms with Gasteiger partial charge in [0.2, 0.25) is 15.9 Å². The molecule has 0 saturated carbocycles. The first-order valence-electron chi connectivity index (χ1n) is 10.9. The average molecular weight is 477 g/mol. The zero-order chi connectivity index (χ0) is 24.3. The molecule has 1 amide bonds. The summed E-state index contributed by atoms with van der Waals surface area (Å²) in [7, 11) is -0.647. The van der Waals surface area contributed by atoms with Gasteiger partial charge in [-0.15, -0.1) is 0 Å². The van der Waals surface area contributed by atoms with Gasteiger partial charge in [0.15, 0.2) is 0 Å². The van der Waals surface area contributed by atoms with E-state index in [4.69, 9.17) is 9.47 Å². The standard InChI is InChI=1S/C24H32N2O6S/c1-16-13-26(17(2)15-27)33(29,30)24-10-9-20(19-7-6-8-21(11-19)31-5)12-22(24)32-23(16)14-25(4)18(3)28/h6-12,16-17,23,27H,13-15H2,1-5H3/t16-,17+,23+/m0/s1. The molecule has 3 rings (SSSR count). The second kappa shape index (κ2) is 10.1. The van der Waals surface area contributed by atoms with Gasteiger partial charge >= 0.3 is 0 Å². The van der Waals surface area contributed by atoms with Gasteiger partial charge in [0.1, 0.15) is 22.5 Å². The van der Waals surface area contributed by atoms with Crippen LogP contribution in [0.15, 0.2) is 47.4 Å². The van der Waals surface area contributed by atoms with Crippen molar-refractivity contribution < 1.29 is 27.8 Å². The molecule has 0 saturated heterocycles. The summed E-state index contributed by atoms with van der Waals surface area (Å²) in [6, 6.07) is 11.8. The Kier molecular flexibility index (Phi) is 7.66. The number of nitrogens with zero attached hydrogens (tertiary/aromatic N) is 2. The van der Waals surface area contributed by atoms with E-state index < -0.39 is 22.2 Å². The zero-order valence-corrected chi connectivity index (χ0v) is 20.5. The van der Waals surface area contributed by atoms with E-state index in [1.165, 1.54) is 17.3 Å². The minimum Gasteiger partial charge on any atom is -0.497 e. The number of rotatable bonds is 6. The van der Waals surface area contributed by atoms with Crippen molar-refractivity contribution in [2.24, 2.45) is 5.92 Å². The smallest absolute Gasteiger partial charge is 0.247 e. The highest BCUT2D eigenvalue weighted by molar-refractivity contribution is 7.89. The van der Waals surface area contributed by atoms with Crippen molar-refractivity contribution >= 4 is 15.9 Å². The van der Waals surface area contributed by atoms with E-state index in [1.54, 1.807) is 38.1 Å². The highest BCUT2D eigenvalue weighted by atomic mass is 32.2. The first-order valence-corrected chi connectivity index (χ1v) is 12.3.